The number of unbranched alkanes of at least 4 members (excludes halogenated alkanes) is 1. The number of aliphatic hydroxyl groups is 1. The average molecular weight is 498 g/mol. The highest BCUT2D eigenvalue weighted by atomic mass is 19.1. The highest BCUT2D eigenvalue weighted by Crippen LogP contribution is 2.30. The molecule has 1 aliphatic carbocycles. The maximum absolute atomic E-state index is 15.1. The fourth-order valence-corrected chi connectivity index (χ4v) is 5.17. The molecule has 1 aliphatic heterocycles. The molecule has 7 heteroatoms. The summed E-state index contributed by atoms with van der Waals surface area (Å²) in [5, 5.41) is 14.3. The first-order valence-electron chi connectivity index (χ1n) is 13.4. The van der Waals surface area contributed by atoms with Gasteiger partial charge in [0.2, 0.25) is 0 Å². The Hall–Kier alpha value is -2.64. The van der Waals surface area contributed by atoms with Gasteiger partial charge in [0.25, 0.3) is 5.91 Å². The Morgan fingerprint density at radius 2 is 1.94 bits per heavy atom. The minimum Gasteiger partial charge on any atom is -0.494 e. The first-order valence-corrected chi connectivity index (χ1v) is 13.4. The fraction of sp³-hybridized carbons (Fsp3) is 0.552. The molecular weight excluding hydrogens is 457 g/mol. The van der Waals surface area contributed by atoms with Gasteiger partial charge in [-0.2, -0.15) is 0 Å². The van der Waals surface area contributed by atoms with Gasteiger partial charge in [-0.05, 0) is 68.1 Å². The SMILES string of the molecule is CCCCOc1ccc(C(=O)N(C)c2ccc(N3CCC(NCC4(O)CCCCC4)C3)c(F)c2)cc1. The van der Waals surface area contributed by atoms with Crippen molar-refractivity contribution >= 4 is 17.3 Å². The first kappa shape index (κ1) is 26.4. The van der Waals surface area contributed by atoms with Crippen molar-refractivity contribution in [3.8, 4) is 5.75 Å². The Morgan fingerprint density at radius 3 is 2.64 bits per heavy atom. The van der Waals surface area contributed by atoms with E-state index in [1.807, 2.05) is 4.90 Å². The van der Waals surface area contributed by atoms with Gasteiger partial charge in [-0.25, -0.2) is 4.39 Å². The van der Waals surface area contributed by atoms with E-state index in [4.69, 9.17) is 4.74 Å². The van der Waals surface area contributed by atoms with E-state index >= 15 is 4.39 Å². The van der Waals surface area contributed by atoms with Crippen molar-refractivity contribution in [2.75, 3.05) is 43.1 Å². The van der Waals surface area contributed by atoms with Crippen LogP contribution in [0.5, 0.6) is 5.75 Å². The third-order valence-electron chi connectivity index (χ3n) is 7.52. The number of nitrogens with one attached hydrogen (secondary N) is 1. The van der Waals surface area contributed by atoms with Crippen molar-refractivity contribution < 1.29 is 19.0 Å². The second kappa shape index (κ2) is 12.1. The zero-order valence-electron chi connectivity index (χ0n) is 21.6. The van der Waals surface area contributed by atoms with Crippen LogP contribution in [0.4, 0.5) is 15.8 Å². The number of ether oxygens (including phenoxy) is 1. The molecule has 36 heavy (non-hydrogen) atoms. The standard InChI is InChI=1S/C29H40FN3O3/c1-3-4-18-36-25-11-8-22(9-12-25)28(34)32(2)24-10-13-27(26(30)19-24)33-17-14-23(20-33)31-21-29(35)15-6-5-7-16-29/h8-13,19,23,31,35H,3-7,14-18,20-21H2,1-2H3. The van der Waals surface area contributed by atoms with E-state index in [1.54, 1.807) is 43.4 Å². The van der Waals surface area contributed by atoms with Gasteiger partial charge in [0.1, 0.15) is 11.6 Å². The van der Waals surface area contributed by atoms with Gasteiger partial charge in [-0.3, -0.25) is 4.79 Å². The molecule has 1 unspecified atom stereocenters. The number of halogens is 1. The lowest BCUT2D eigenvalue weighted by Crippen LogP contribution is -2.46. The van der Waals surface area contributed by atoms with Gasteiger partial charge in [-0.15, -0.1) is 0 Å². The van der Waals surface area contributed by atoms with Crippen LogP contribution in [0.2, 0.25) is 0 Å². The summed E-state index contributed by atoms with van der Waals surface area (Å²) in [4.78, 5) is 16.5. The van der Waals surface area contributed by atoms with Crippen LogP contribution >= 0.6 is 0 Å². The van der Waals surface area contributed by atoms with Gasteiger partial charge >= 0.3 is 0 Å². The van der Waals surface area contributed by atoms with Crippen molar-refractivity contribution in [1.82, 2.24) is 5.32 Å². The largest absolute Gasteiger partial charge is 0.494 e. The predicted molar refractivity (Wildman–Crippen MR) is 143 cm³/mol. The van der Waals surface area contributed by atoms with Crippen molar-refractivity contribution in [3.63, 3.8) is 0 Å². The molecule has 1 amide bonds. The number of hydrogen-bond acceptors (Lipinski definition) is 5. The number of benzene rings is 2. The zero-order valence-corrected chi connectivity index (χ0v) is 21.6. The molecule has 0 bridgehead atoms. The summed E-state index contributed by atoms with van der Waals surface area (Å²) < 4.78 is 20.8. The zero-order chi connectivity index (χ0) is 25.5. The Kier molecular flexibility index (Phi) is 8.86. The summed E-state index contributed by atoms with van der Waals surface area (Å²) in [7, 11) is 1.66. The van der Waals surface area contributed by atoms with Crippen LogP contribution < -0.4 is 19.9 Å². The molecule has 2 aromatic rings. The summed E-state index contributed by atoms with van der Waals surface area (Å²) in [5.41, 5.74) is 0.989. The maximum atomic E-state index is 15.1. The van der Waals surface area contributed by atoms with Crippen LogP contribution in [0.1, 0.15) is 68.6 Å². The molecule has 0 spiro atoms. The minimum atomic E-state index is -0.599. The monoisotopic (exact) mass is 497 g/mol. The van der Waals surface area contributed by atoms with Gasteiger partial charge in [-0.1, -0.05) is 32.6 Å². The van der Waals surface area contributed by atoms with E-state index < -0.39 is 5.60 Å². The summed E-state index contributed by atoms with van der Waals surface area (Å²) in [6, 6.07) is 12.3. The lowest BCUT2D eigenvalue weighted by Gasteiger charge is -2.33. The Morgan fingerprint density at radius 1 is 1.19 bits per heavy atom. The molecule has 2 aromatic carbocycles. The van der Waals surface area contributed by atoms with E-state index in [1.165, 1.54) is 17.4 Å². The Labute approximate surface area is 214 Å². The molecule has 1 saturated carbocycles. The van der Waals surface area contributed by atoms with E-state index in [0.717, 1.165) is 57.2 Å². The van der Waals surface area contributed by atoms with Crippen molar-refractivity contribution in [1.29, 1.82) is 0 Å². The molecule has 1 saturated heterocycles. The van der Waals surface area contributed by atoms with Gasteiger partial charge in [0.15, 0.2) is 0 Å². The topological polar surface area (TPSA) is 65.0 Å². The normalized spacial score (nSPS) is 19.3. The lowest BCUT2D eigenvalue weighted by molar-refractivity contribution is 0.00313. The Balaban J connectivity index is 1.33. The van der Waals surface area contributed by atoms with Crippen LogP contribution in [0.3, 0.4) is 0 Å². The molecule has 2 aliphatic rings. The summed E-state index contributed by atoms with van der Waals surface area (Å²) in [6.45, 7) is 4.83. The summed E-state index contributed by atoms with van der Waals surface area (Å²) in [5.74, 6) is 0.205. The molecule has 4 rings (SSSR count). The Bertz CT molecular complexity index is 1010. The molecule has 0 aromatic heterocycles. The summed E-state index contributed by atoms with van der Waals surface area (Å²) in [6.07, 6.45) is 8.05. The van der Waals surface area contributed by atoms with Crippen molar-refractivity contribution in [2.24, 2.45) is 0 Å². The molecular formula is C29H40FN3O3. The van der Waals surface area contributed by atoms with E-state index in [0.29, 0.717) is 36.6 Å². The summed E-state index contributed by atoms with van der Waals surface area (Å²) >= 11 is 0. The number of amides is 1. The third-order valence-corrected chi connectivity index (χ3v) is 7.52. The lowest BCUT2D eigenvalue weighted by atomic mass is 9.85. The van der Waals surface area contributed by atoms with Crippen LogP contribution in [-0.2, 0) is 0 Å². The second-order valence-corrected chi connectivity index (χ2v) is 10.3. The van der Waals surface area contributed by atoms with Crippen LogP contribution in [-0.4, -0.2) is 55.9 Å². The van der Waals surface area contributed by atoms with Crippen molar-refractivity contribution in [3.05, 3.63) is 53.8 Å². The molecule has 0 radical (unpaired) electrons. The number of carbonyl (C=O) groups is 1. The number of rotatable bonds is 10. The first-order chi connectivity index (χ1) is 17.4. The molecule has 1 heterocycles. The van der Waals surface area contributed by atoms with E-state index in [2.05, 4.69) is 12.2 Å². The van der Waals surface area contributed by atoms with Crippen molar-refractivity contribution in [2.45, 2.75) is 69.9 Å². The van der Waals surface area contributed by atoms with Gasteiger partial charge in [0.05, 0.1) is 17.9 Å². The van der Waals surface area contributed by atoms with Crippen LogP contribution in [0.25, 0.3) is 0 Å². The number of anilines is 2. The van der Waals surface area contributed by atoms with Crippen LogP contribution in [0.15, 0.2) is 42.5 Å². The number of hydrogen-bond donors (Lipinski definition) is 2. The maximum Gasteiger partial charge on any atom is 0.258 e. The number of carbonyl (C=O) groups excluding carboxylic acids is 1. The molecule has 1 atom stereocenters. The van der Waals surface area contributed by atoms with E-state index in [9.17, 15) is 9.90 Å². The highest BCUT2D eigenvalue weighted by molar-refractivity contribution is 6.05. The fourth-order valence-electron chi connectivity index (χ4n) is 5.17. The molecule has 2 N–H and O–H groups in total. The third kappa shape index (κ3) is 6.56. The predicted octanol–water partition coefficient (Wildman–Crippen LogP) is 5.14. The molecule has 6 nitrogen and oxygen atoms in total. The number of nitrogens with zero attached hydrogens (tertiary/aromatic N) is 2. The second-order valence-electron chi connectivity index (χ2n) is 10.3. The van der Waals surface area contributed by atoms with Crippen LogP contribution in [0, 0.1) is 5.82 Å². The molecule has 2 fully saturated rings. The van der Waals surface area contributed by atoms with Gasteiger partial charge < -0.3 is 25.0 Å². The minimum absolute atomic E-state index is 0.201. The average Bonchev–Trinajstić information content (AvgIpc) is 3.36. The molecule has 196 valence electrons. The highest BCUT2D eigenvalue weighted by Gasteiger charge is 2.31. The van der Waals surface area contributed by atoms with Gasteiger partial charge in [0, 0.05) is 44.0 Å². The van der Waals surface area contributed by atoms with E-state index in [-0.39, 0.29) is 17.8 Å². The smallest absolute Gasteiger partial charge is 0.258 e. The quantitative estimate of drug-likeness (QED) is 0.445.